The number of hydrogen-bond donors (Lipinski definition) is 1. The predicted octanol–water partition coefficient (Wildman–Crippen LogP) is 2.40. The van der Waals surface area contributed by atoms with Gasteiger partial charge in [-0.15, -0.1) is 0 Å². The molecule has 1 saturated heterocycles. The van der Waals surface area contributed by atoms with E-state index in [1.165, 1.54) is 6.42 Å². The number of anilines is 1. The first-order valence-corrected chi connectivity index (χ1v) is 8.58. The van der Waals surface area contributed by atoms with Crippen molar-refractivity contribution in [3.05, 3.63) is 48.6 Å². The second-order valence-electron chi connectivity index (χ2n) is 6.57. The maximum atomic E-state index is 5.50. The van der Waals surface area contributed by atoms with Crippen LogP contribution in [0.1, 0.15) is 12.2 Å². The van der Waals surface area contributed by atoms with E-state index in [2.05, 4.69) is 25.5 Å². The lowest BCUT2D eigenvalue weighted by molar-refractivity contribution is 0.267. The van der Waals surface area contributed by atoms with Crippen molar-refractivity contribution in [3.8, 4) is 11.3 Å². The van der Waals surface area contributed by atoms with E-state index in [1.54, 1.807) is 10.9 Å². The van der Waals surface area contributed by atoms with Gasteiger partial charge in [-0.3, -0.25) is 9.58 Å². The molecule has 3 aromatic heterocycles. The molecule has 130 valence electrons. The third-order valence-electron chi connectivity index (χ3n) is 4.55. The number of rotatable bonds is 6. The molecule has 0 unspecified atom stereocenters. The minimum absolute atomic E-state index is 0.628. The molecule has 0 bridgehead atoms. The van der Waals surface area contributed by atoms with E-state index in [-0.39, 0.29) is 0 Å². The Bertz CT molecular complexity index is 812. The van der Waals surface area contributed by atoms with E-state index in [9.17, 15) is 0 Å². The van der Waals surface area contributed by atoms with Crippen molar-refractivity contribution in [2.24, 2.45) is 13.0 Å². The van der Waals surface area contributed by atoms with Gasteiger partial charge in [-0.05, 0) is 31.0 Å². The molecule has 7 heteroatoms. The normalized spacial score (nSPS) is 17.9. The summed E-state index contributed by atoms with van der Waals surface area (Å²) in [5.74, 6) is 2.47. The Kier molecular flexibility index (Phi) is 4.47. The quantitative estimate of drug-likeness (QED) is 0.744. The smallest absolute Gasteiger partial charge is 0.151 e. The molecule has 1 fully saturated rings. The first-order valence-electron chi connectivity index (χ1n) is 8.58. The zero-order valence-electron chi connectivity index (χ0n) is 14.3. The van der Waals surface area contributed by atoms with Gasteiger partial charge in [-0.25, -0.2) is 4.98 Å². The molecule has 1 atom stereocenters. The molecule has 0 aromatic carbocycles. The summed E-state index contributed by atoms with van der Waals surface area (Å²) in [6.07, 6.45) is 6.74. The van der Waals surface area contributed by atoms with Crippen molar-refractivity contribution in [1.29, 1.82) is 0 Å². The van der Waals surface area contributed by atoms with Crippen molar-refractivity contribution in [2.45, 2.75) is 13.0 Å². The Labute approximate surface area is 146 Å². The van der Waals surface area contributed by atoms with Gasteiger partial charge in [0, 0.05) is 44.2 Å². The highest BCUT2D eigenvalue weighted by atomic mass is 16.5. The molecule has 0 spiro atoms. The number of pyridine rings is 1. The zero-order chi connectivity index (χ0) is 17.1. The maximum Gasteiger partial charge on any atom is 0.151 e. The van der Waals surface area contributed by atoms with Crippen LogP contribution in [0.15, 0.2) is 47.4 Å². The minimum atomic E-state index is 0.628. The highest BCUT2D eigenvalue weighted by Gasteiger charge is 2.23. The van der Waals surface area contributed by atoms with Crippen LogP contribution in [0.5, 0.6) is 0 Å². The summed E-state index contributed by atoms with van der Waals surface area (Å²) in [6.45, 7) is 3.89. The molecule has 1 aliphatic rings. The number of likely N-dealkylation sites (tertiary alicyclic amines) is 1. The molecule has 4 heterocycles. The first kappa shape index (κ1) is 15.8. The van der Waals surface area contributed by atoms with E-state index in [1.807, 2.05) is 43.7 Å². The first-order chi connectivity index (χ1) is 12.3. The van der Waals surface area contributed by atoms with Crippen LogP contribution < -0.4 is 5.32 Å². The average Bonchev–Trinajstić information content (AvgIpc) is 3.36. The van der Waals surface area contributed by atoms with Gasteiger partial charge in [-0.2, -0.15) is 5.10 Å². The van der Waals surface area contributed by atoms with Gasteiger partial charge in [-0.1, -0.05) is 11.2 Å². The second-order valence-corrected chi connectivity index (χ2v) is 6.57. The van der Waals surface area contributed by atoms with E-state index in [0.717, 1.165) is 49.0 Å². The highest BCUT2D eigenvalue weighted by Crippen LogP contribution is 2.22. The van der Waals surface area contributed by atoms with E-state index < -0.39 is 0 Å². The van der Waals surface area contributed by atoms with Crippen molar-refractivity contribution in [3.63, 3.8) is 0 Å². The topological polar surface area (TPSA) is 72.0 Å². The third kappa shape index (κ3) is 3.88. The van der Waals surface area contributed by atoms with Crippen LogP contribution in [0.2, 0.25) is 0 Å². The van der Waals surface area contributed by atoms with Crippen LogP contribution >= 0.6 is 0 Å². The molecule has 1 N–H and O–H groups in total. The lowest BCUT2D eigenvalue weighted by atomic mass is 10.1. The van der Waals surface area contributed by atoms with Crippen molar-refractivity contribution < 1.29 is 4.52 Å². The lowest BCUT2D eigenvalue weighted by Gasteiger charge is -2.14. The minimum Gasteiger partial charge on any atom is -0.370 e. The Balaban J connectivity index is 1.29. The predicted molar refractivity (Wildman–Crippen MR) is 94.8 cm³/mol. The Morgan fingerprint density at radius 2 is 2.32 bits per heavy atom. The van der Waals surface area contributed by atoms with E-state index in [4.69, 9.17) is 4.52 Å². The highest BCUT2D eigenvalue weighted by molar-refractivity contribution is 5.56. The molecule has 0 amide bonds. The van der Waals surface area contributed by atoms with Crippen LogP contribution in [0.3, 0.4) is 0 Å². The second kappa shape index (κ2) is 7.06. The number of aryl methyl sites for hydroxylation is 1. The summed E-state index contributed by atoms with van der Waals surface area (Å²) < 4.78 is 7.27. The molecule has 0 radical (unpaired) electrons. The summed E-state index contributed by atoms with van der Waals surface area (Å²) in [5, 5.41) is 11.8. The van der Waals surface area contributed by atoms with Gasteiger partial charge < -0.3 is 9.84 Å². The molecular formula is C18H22N6O. The molecule has 1 aliphatic heterocycles. The molecule has 0 saturated carbocycles. The van der Waals surface area contributed by atoms with Gasteiger partial charge in [0.15, 0.2) is 5.76 Å². The van der Waals surface area contributed by atoms with Crippen LogP contribution in [-0.2, 0) is 13.6 Å². The largest absolute Gasteiger partial charge is 0.370 e. The average molecular weight is 338 g/mol. The van der Waals surface area contributed by atoms with Gasteiger partial charge in [0.1, 0.15) is 11.5 Å². The van der Waals surface area contributed by atoms with Crippen molar-refractivity contribution in [1.82, 2.24) is 24.8 Å². The van der Waals surface area contributed by atoms with Crippen LogP contribution in [0.25, 0.3) is 11.3 Å². The fourth-order valence-corrected chi connectivity index (χ4v) is 3.24. The monoisotopic (exact) mass is 338 g/mol. The maximum absolute atomic E-state index is 5.50. The standard InChI is InChI=1S/C18H22N6O/c1-23-12-15(10-21-23)17-8-16(25-22-17)13-24-7-5-14(11-24)9-20-18-4-2-3-6-19-18/h2-4,6,8,10,12,14H,5,7,9,11,13H2,1H3,(H,19,20)/t14-/m1/s1. The van der Waals surface area contributed by atoms with E-state index in [0.29, 0.717) is 5.92 Å². The summed E-state index contributed by atoms with van der Waals surface area (Å²) in [4.78, 5) is 6.72. The Morgan fingerprint density at radius 1 is 1.36 bits per heavy atom. The zero-order valence-corrected chi connectivity index (χ0v) is 14.3. The molecule has 25 heavy (non-hydrogen) atoms. The summed E-state index contributed by atoms with van der Waals surface area (Å²) in [6, 6.07) is 7.94. The summed E-state index contributed by atoms with van der Waals surface area (Å²) in [5.41, 5.74) is 1.83. The lowest BCUT2D eigenvalue weighted by Crippen LogP contribution is -2.22. The van der Waals surface area contributed by atoms with E-state index >= 15 is 0 Å². The number of hydrogen-bond acceptors (Lipinski definition) is 6. The van der Waals surface area contributed by atoms with Crippen LogP contribution in [0.4, 0.5) is 5.82 Å². The Hall–Kier alpha value is -2.67. The fraction of sp³-hybridized carbons (Fsp3) is 0.389. The fourth-order valence-electron chi connectivity index (χ4n) is 3.24. The summed E-state index contributed by atoms with van der Waals surface area (Å²) in [7, 11) is 1.90. The molecule has 7 nitrogen and oxygen atoms in total. The van der Waals surface area contributed by atoms with Crippen LogP contribution in [0, 0.1) is 5.92 Å². The SMILES string of the molecule is Cn1cc(-c2cc(CN3CC[C@H](CNc4ccccn4)C3)on2)cn1. The number of aromatic nitrogens is 4. The van der Waals surface area contributed by atoms with Gasteiger partial charge in [0.2, 0.25) is 0 Å². The number of nitrogens with one attached hydrogen (secondary N) is 1. The van der Waals surface area contributed by atoms with Gasteiger partial charge in [0.25, 0.3) is 0 Å². The van der Waals surface area contributed by atoms with Gasteiger partial charge in [0.05, 0.1) is 12.7 Å². The van der Waals surface area contributed by atoms with Gasteiger partial charge >= 0.3 is 0 Å². The van der Waals surface area contributed by atoms with Crippen molar-refractivity contribution in [2.75, 3.05) is 25.0 Å². The molecular weight excluding hydrogens is 316 g/mol. The number of nitrogens with zero attached hydrogens (tertiary/aromatic N) is 5. The molecule has 4 rings (SSSR count). The van der Waals surface area contributed by atoms with Crippen LogP contribution in [-0.4, -0.2) is 44.5 Å². The third-order valence-corrected chi connectivity index (χ3v) is 4.55. The Morgan fingerprint density at radius 3 is 3.12 bits per heavy atom. The van der Waals surface area contributed by atoms with Crippen molar-refractivity contribution >= 4 is 5.82 Å². The molecule has 0 aliphatic carbocycles. The summed E-state index contributed by atoms with van der Waals surface area (Å²) >= 11 is 0. The molecule has 3 aromatic rings.